The number of hydrogen-bond donors (Lipinski definition) is 1. The fourth-order valence-electron chi connectivity index (χ4n) is 3.83. The number of halogens is 5. The molecule has 3 rings (SSSR count). The third kappa shape index (κ3) is 7.24. The van der Waals surface area contributed by atoms with Crippen LogP contribution in [0.3, 0.4) is 0 Å². The quantitative estimate of drug-likeness (QED) is 0.339. The first-order chi connectivity index (χ1) is 16.7. The van der Waals surface area contributed by atoms with E-state index in [0.717, 1.165) is 30.3 Å². The lowest BCUT2D eigenvalue weighted by atomic mass is 9.91. The molecule has 1 saturated heterocycles. The summed E-state index contributed by atoms with van der Waals surface area (Å²) in [6, 6.07) is 9.05. The van der Waals surface area contributed by atoms with Crippen molar-refractivity contribution in [1.29, 1.82) is 0 Å². The van der Waals surface area contributed by atoms with Gasteiger partial charge in [0.05, 0.1) is 24.2 Å². The third-order valence-electron chi connectivity index (χ3n) is 5.54. The maximum Gasteiger partial charge on any atom is 0.417 e. The molecular formula is C27H27F5O4. The van der Waals surface area contributed by atoms with E-state index in [-0.39, 0.29) is 29.5 Å². The maximum absolute atomic E-state index is 14.4. The number of carboxylic acid groups (broad SMARTS) is 1. The molecule has 3 atom stereocenters. The Hall–Kier alpha value is -3.04. The first kappa shape index (κ1) is 27.5. The summed E-state index contributed by atoms with van der Waals surface area (Å²) in [4.78, 5) is 11.2. The molecule has 1 heterocycles. The molecule has 36 heavy (non-hydrogen) atoms. The number of alkyl halides is 3. The van der Waals surface area contributed by atoms with E-state index < -0.39 is 53.3 Å². The minimum atomic E-state index is -4.83. The van der Waals surface area contributed by atoms with E-state index in [4.69, 9.17) is 9.47 Å². The fraction of sp³-hybridized carbons (Fsp3) is 0.370. The summed E-state index contributed by atoms with van der Waals surface area (Å²) in [5.74, 6) is -2.33. The SMILES string of the molecule is CC(C)(C)C1OC(C=CC(=C(c2ccc(F)cc2)c2ccc(F)cc2)C(F)(F)F)CC(CC(=O)O)O1. The van der Waals surface area contributed by atoms with E-state index in [9.17, 15) is 31.9 Å². The molecule has 194 valence electrons. The van der Waals surface area contributed by atoms with E-state index >= 15 is 0 Å². The van der Waals surface area contributed by atoms with Gasteiger partial charge >= 0.3 is 12.1 Å². The monoisotopic (exact) mass is 510 g/mol. The molecule has 0 radical (unpaired) electrons. The van der Waals surface area contributed by atoms with E-state index in [1.165, 1.54) is 30.3 Å². The van der Waals surface area contributed by atoms with Crippen molar-refractivity contribution in [2.24, 2.45) is 5.41 Å². The second-order valence-corrected chi connectivity index (χ2v) is 9.62. The van der Waals surface area contributed by atoms with Crippen LogP contribution in [0.2, 0.25) is 0 Å². The Morgan fingerprint density at radius 3 is 1.86 bits per heavy atom. The highest BCUT2D eigenvalue weighted by Gasteiger charge is 2.39. The lowest BCUT2D eigenvalue weighted by Gasteiger charge is -2.40. The summed E-state index contributed by atoms with van der Waals surface area (Å²) >= 11 is 0. The van der Waals surface area contributed by atoms with Crippen LogP contribution in [0.1, 0.15) is 44.7 Å². The molecule has 9 heteroatoms. The molecule has 4 nitrogen and oxygen atoms in total. The average Bonchev–Trinajstić information content (AvgIpc) is 2.76. The molecule has 0 saturated carbocycles. The first-order valence-electron chi connectivity index (χ1n) is 11.3. The molecule has 2 aromatic rings. The average molecular weight is 510 g/mol. The zero-order valence-electron chi connectivity index (χ0n) is 20.0. The van der Waals surface area contributed by atoms with Crippen LogP contribution < -0.4 is 0 Å². The van der Waals surface area contributed by atoms with E-state index in [1.54, 1.807) is 0 Å². The first-order valence-corrected chi connectivity index (χ1v) is 11.3. The zero-order chi connectivity index (χ0) is 26.7. The topological polar surface area (TPSA) is 55.8 Å². The number of rotatable bonds is 6. The van der Waals surface area contributed by atoms with Crippen LogP contribution in [0.4, 0.5) is 22.0 Å². The largest absolute Gasteiger partial charge is 0.481 e. The van der Waals surface area contributed by atoms with Crippen LogP contribution >= 0.6 is 0 Å². The molecule has 1 aliphatic rings. The maximum atomic E-state index is 14.4. The molecule has 1 N–H and O–H groups in total. The molecule has 0 amide bonds. The molecule has 1 fully saturated rings. The molecule has 1 aliphatic heterocycles. The van der Waals surface area contributed by atoms with Crippen molar-refractivity contribution in [3.8, 4) is 0 Å². The van der Waals surface area contributed by atoms with Gasteiger partial charge in [-0.3, -0.25) is 4.79 Å². The van der Waals surface area contributed by atoms with Gasteiger partial charge in [-0.1, -0.05) is 57.2 Å². The van der Waals surface area contributed by atoms with E-state index in [1.807, 2.05) is 20.8 Å². The number of carboxylic acids is 1. The van der Waals surface area contributed by atoms with Crippen molar-refractivity contribution in [3.05, 3.63) is 89.0 Å². The van der Waals surface area contributed by atoms with Crippen molar-refractivity contribution in [1.82, 2.24) is 0 Å². The summed E-state index contributed by atoms with van der Waals surface area (Å²) in [7, 11) is 0. The highest BCUT2D eigenvalue weighted by molar-refractivity contribution is 5.84. The number of hydrogen-bond acceptors (Lipinski definition) is 3. The van der Waals surface area contributed by atoms with Crippen molar-refractivity contribution in [2.75, 3.05) is 0 Å². The Morgan fingerprint density at radius 2 is 1.44 bits per heavy atom. The van der Waals surface area contributed by atoms with Gasteiger partial charge in [-0.25, -0.2) is 8.78 Å². The van der Waals surface area contributed by atoms with Crippen molar-refractivity contribution < 1.29 is 41.3 Å². The molecule has 3 unspecified atom stereocenters. The van der Waals surface area contributed by atoms with Gasteiger partial charge in [0, 0.05) is 17.4 Å². The molecule has 2 aromatic carbocycles. The lowest BCUT2D eigenvalue weighted by molar-refractivity contribution is -0.270. The predicted octanol–water partition coefficient (Wildman–Crippen LogP) is 6.91. The van der Waals surface area contributed by atoms with Gasteiger partial charge in [0.1, 0.15) is 11.6 Å². The summed E-state index contributed by atoms with van der Waals surface area (Å²) < 4.78 is 81.7. The molecule has 0 bridgehead atoms. The van der Waals surface area contributed by atoms with Crippen molar-refractivity contribution in [2.45, 2.75) is 58.3 Å². The number of allylic oxidation sites excluding steroid dienone is 2. The molecule has 0 aliphatic carbocycles. The smallest absolute Gasteiger partial charge is 0.417 e. The minimum absolute atomic E-state index is 0.0446. The third-order valence-corrected chi connectivity index (χ3v) is 5.54. The Morgan fingerprint density at radius 1 is 0.944 bits per heavy atom. The van der Waals surface area contributed by atoms with E-state index in [2.05, 4.69) is 0 Å². The van der Waals surface area contributed by atoms with Gasteiger partial charge in [0.2, 0.25) is 0 Å². The van der Waals surface area contributed by atoms with Crippen LogP contribution in [0.15, 0.2) is 66.3 Å². The summed E-state index contributed by atoms with van der Waals surface area (Å²) in [5.41, 5.74) is -1.69. The predicted molar refractivity (Wildman–Crippen MR) is 124 cm³/mol. The highest BCUT2D eigenvalue weighted by atomic mass is 19.4. The minimum Gasteiger partial charge on any atom is -0.481 e. The van der Waals surface area contributed by atoms with Crippen LogP contribution in [-0.4, -0.2) is 35.8 Å². The highest BCUT2D eigenvalue weighted by Crippen LogP contribution is 2.38. The zero-order valence-corrected chi connectivity index (χ0v) is 20.0. The second kappa shape index (κ2) is 10.9. The van der Waals surface area contributed by atoms with Crippen LogP contribution in [0, 0.1) is 17.0 Å². The van der Waals surface area contributed by atoms with Gasteiger partial charge in [0.25, 0.3) is 0 Å². The van der Waals surface area contributed by atoms with E-state index in [0.29, 0.717) is 0 Å². The molecule has 0 spiro atoms. The fourth-order valence-corrected chi connectivity index (χ4v) is 3.83. The Bertz CT molecular complexity index is 1070. The van der Waals surface area contributed by atoms with Crippen LogP contribution in [-0.2, 0) is 14.3 Å². The number of benzene rings is 2. The number of aliphatic carboxylic acids is 1. The number of carbonyl (C=O) groups is 1. The van der Waals surface area contributed by atoms with Crippen LogP contribution in [0.5, 0.6) is 0 Å². The van der Waals surface area contributed by atoms with Gasteiger partial charge < -0.3 is 14.6 Å². The summed E-state index contributed by atoms with van der Waals surface area (Å²) in [6.07, 6.45) is -5.45. The van der Waals surface area contributed by atoms with Crippen LogP contribution in [0.25, 0.3) is 5.57 Å². The lowest BCUT2D eigenvalue weighted by Crippen LogP contribution is -2.44. The summed E-state index contributed by atoms with van der Waals surface area (Å²) in [5, 5.41) is 9.18. The number of ether oxygens (including phenoxy) is 2. The second-order valence-electron chi connectivity index (χ2n) is 9.62. The van der Waals surface area contributed by atoms with Gasteiger partial charge in [-0.05, 0) is 35.4 Å². The molecule has 0 aromatic heterocycles. The van der Waals surface area contributed by atoms with Gasteiger partial charge in [0.15, 0.2) is 6.29 Å². The standard InChI is InChI=1S/C27H27F5O4/c1-26(2,3)25-35-20(14-21(36-25)15-23(33)34)12-13-22(27(30,31)32)24(16-4-8-18(28)9-5-16)17-6-10-19(29)11-7-17/h4-13,20-21,25H,14-15H2,1-3H3,(H,33,34). The Labute approximate surface area is 206 Å². The van der Waals surface area contributed by atoms with Crippen molar-refractivity contribution in [3.63, 3.8) is 0 Å². The van der Waals surface area contributed by atoms with Gasteiger partial charge in [-0.2, -0.15) is 13.2 Å². The normalized spacial score (nSPS) is 20.9. The Balaban J connectivity index is 2.10. The Kier molecular flexibility index (Phi) is 8.36. The van der Waals surface area contributed by atoms with Crippen molar-refractivity contribution >= 4 is 11.5 Å². The summed E-state index contributed by atoms with van der Waals surface area (Å²) in [6.45, 7) is 5.43. The molecular weight excluding hydrogens is 483 g/mol. The van der Waals surface area contributed by atoms with Gasteiger partial charge in [-0.15, -0.1) is 0 Å².